The molecule has 1 heterocycles. The van der Waals surface area contributed by atoms with Gasteiger partial charge in [0.15, 0.2) is 5.82 Å². The number of carboxylic acid groups (broad SMARTS) is 1. The number of nitrogens with two attached hydrogens (primary N) is 1. The second-order valence-electron chi connectivity index (χ2n) is 3.68. The van der Waals surface area contributed by atoms with Gasteiger partial charge in [0, 0.05) is 15.1 Å². The molecule has 0 fully saturated rings. The summed E-state index contributed by atoms with van der Waals surface area (Å²) in [6.07, 6.45) is 1.40. The Morgan fingerprint density at radius 3 is 2.68 bits per heavy atom. The molecule has 0 saturated carbocycles. The Morgan fingerprint density at radius 1 is 1.32 bits per heavy atom. The predicted molar refractivity (Wildman–Crippen MR) is 80.7 cm³/mol. The van der Waals surface area contributed by atoms with Crippen molar-refractivity contribution in [3.63, 3.8) is 0 Å². The van der Waals surface area contributed by atoms with Crippen molar-refractivity contribution in [3.8, 4) is 0 Å². The van der Waals surface area contributed by atoms with Crippen LogP contribution in [0.15, 0.2) is 39.4 Å². The molecule has 0 amide bonds. The van der Waals surface area contributed by atoms with E-state index >= 15 is 0 Å². The van der Waals surface area contributed by atoms with E-state index in [0.29, 0.717) is 5.82 Å². The molecule has 5 nitrogen and oxygen atoms in total. The highest BCUT2D eigenvalue weighted by atomic mass is 79.9. The Kier molecular flexibility index (Phi) is 4.06. The van der Waals surface area contributed by atoms with Gasteiger partial charge in [0.2, 0.25) is 0 Å². The zero-order chi connectivity index (χ0) is 14.0. The van der Waals surface area contributed by atoms with E-state index in [0.717, 1.165) is 14.6 Å². The van der Waals surface area contributed by atoms with Crippen LogP contribution in [0.4, 0.5) is 17.2 Å². The van der Waals surface area contributed by atoms with Crippen LogP contribution in [0.5, 0.6) is 0 Å². The zero-order valence-corrected chi connectivity index (χ0v) is 12.7. The van der Waals surface area contributed by atoms with Gasteiger partial charge in [-0.25, -0.2) is 9.78 Å². The molecule has 98 valence electrons. The number of rotatable bonds is 3. The van der Waals surface area contributed by atoms with Crippen molar-refractivity contribution in [1.29, 1.82) is 0 Å². The van der Waals surface area contributed by atoms with Gasteiger partial charge in [-0.05, 0) is 40.2 Å². The normalized spacial score (nSPS) is 10.2. The third-order valence-corrected chi connectivity index (χ3v) is 3.55. The molecule has 0 unspecified atom stereocenters. The van der Waals surface area contributed by atoms with Crippen molar-refractivity contribution in [2.45, 2.75) is 0 Å². The van der Waals surface area contributed by atoms with E-state index in [1.54, 1.807) is 0 Å². The third kappa shape index (κ3) is 3.05. The van der Waals surface area contributed by atoms with Gasteiger partial charge in [0.25, 0.3) is 0 Å². The molecule has 0 aliphatic rings. The quantitative estimate of drug-likeness (QED) is 0.749. The van der Waals surface area contributed by atoms with Gasteiger partial charge < -0.3 is 16.2 Å². The lowest BCUT2D eigenvalue weighted by Gasteiger charge is -2.11. The maximum atomic E-state index is 11.0. The summed E-state index contributed by atoms with van der Waals surface area (Å²) < 4.78 is 1.73. The number of anilines is 3. The fourth-order valence-electron chi connectivity index (χ4n) is 1.48. The van der Waals surface area contributed by atoms with Crippen LogP contribution in [0.1, 0.15) is 10.4 Å². The molecule has 1 aromatic carbocycles. The number of hydrogen-bond acceptors (Lipinski definition) is 4. The molecule has 0 aliphatic carbocycles. The number of pyridine rings is 1. The molecule has 0 bridgehead atoms. The van der Waals surface area contributed by atoms with Gasteiger partial charge in [-0.3, -0.25) is 0 Å². The van der Waals surface area contributed by atoms with Crippen LogP contribution in [0.25, 0.3) is 0 Å². The van der Waals surface area contributed by atoms with Crippen molar-refractivity contribution in [3.05, 3.63) is 45.0 Å². The van der Waals surface area contributed by atoms with E-state index < -0.39 is 5.97 Å². The Morgan fingerprint density at radius 2 is 2.05 bits per heavy atom. The molecule has 0 saturated heterocycles. The summed E-state index contributed by atoms with van der Waals surface area (Å²) in [6, 6.07) is 6.89. The number of benzene rings is 1. The highest BCUT2D eigenvalue weighted by Gasteiger charge is 2.13. The first-order valence-electron chi connectivity index (χ1n) is 5.19. The number of carboxylic acids is 1. The van der Waals surface area contributed by atoms with Gasteiger partial charge in [-0.2, -0.15) is 0 Å². The number of aromatic carboxylic acids is 1. The fourth-order valence-corrected chi connectivity index (χ4v) is 2.62. The Hall–Kier alpha value is -1.60. The van der Waals surface area contributed by atoms with Crippen LogP contribution in [0, 0.1) is 0 Å². The lowest BCUT2D eigenvalue weighted by molar-refractivity contribution is 0.0698. The number of nitrogen functional groups attached to an aromatic ring is 1. The number of nitrogens with one attached hydrogen (secondary N) is 1. The van der Waals surface area contributed by atoms with E-state index in [4.69, 9.17) is 10.8 Å². The first kappa shape index (κ1) is 13.8. The van der Waals surface area contributed by atoms with Gasteiger partial charge in [0.05, 0.1) is 16.9 Å². The molecular formula is C12H9Br2N3O2. The number of aromatic nitrogens is 1. The number of nitrogens with zero attached hydrogens (tertiary/aromatic N) is 1. The summed E-state index contributed by atoms with van der Waals surface area (Å²) in [5, 5.41) is 12.0. The third-order valence-electron chi connectivity index (χ3n) is 2.40. The van der Waals surface area contributed by atoms with Gasteiger partial charge in [-0.15, -0.1) is 0 Å². The number of halogens is 2. The molecule has 2 aromatic rings. The molecule has 0 radical (unpaired) electrons. The highest BCUT2D eigenvalue weighted by molar-refractivity contribution is 9.11. The fraction of sp³-hybridized carbons (Fsp3) is 0. The molecule has 0 aliphatic heterocycles. The van der Waals surface area contributed by atoms with Crippen LogP contribution >= 0.6 is 31.9 Å². The standard InChI is InChI=1S/C12H9Br2N3O2/c13-6-1-2-9(8(14)5-6)17-11-10(15)7(12(18)19)3-4-16-11/h1-5H,15H2,(H,16,17)(H,18,19). The lowest BCUT2D eigenvalue weighted by atomic mass is 10.2. The number of hydrogen-bond donors (Lipinski definition) is 3. The van der Waals surface area contributed by atoms with Gasteiger partial charge in [0.1, 0.15) is 0 Å². The van der Waals surface area contributed by atoms with Crippen LogP contribution < -0.4 is 11.1 Å². The summed E-state index contributed by atoms with van der Waals surface area (Å²) in [4.78, 5) is 15.0. The van der Waals surface area contributed by atoms with Crippen molar-refractivity contribution in [1.82, 2.24) is 4.98 Å². The zero-order valence-electron chi connectivity index (χ0n) is 9.52. The van der Waals surface area contributed by atoms with Crippen molar-refractivity contribution in [2.24, 2.45) is 0 Å². The SMILES string of the molecule is Nc1c(C(=O)O)ccnc1Nc1ccc(Br)cc1Br. The van der Waals surface area contributed by atoms with Gasteiger partial charge in [-0.1, -0.05) is 15.9 Å². The topological polar surface area (TPSA) is 88.2 Å². The first-order chi connectivity index (χ1) is 8.99. The van der Waals surface area contributed by atoms with Crippen molar-refractivity contribution < 1.29 is 9.90 Å². The second kappa shape index (κ2) is 5.58. The largest absolute Gasteiger partial charge is 0.478 e. The smallest absolute Gasteiger partial charge is 0.337 e. The van der Waals surface area contributed by atoms with Crippen molar-refractivity contribution in [2.75, 3.05) is 11.1 Å². The molecule has 0 spiro atoms. The maximum absolute atomic E-state index is 11.0. The number of carbonyl (C=O) groups is 1. The molecular weight excluding hydrogens is 378 g/mol. The molecule has 19 heavy (non-hydrogen) atoms. The van der Waals surface area contributed by atoms with Crippen LogP contribution in [0.3, 0.4) is 0 Å². The Bertz CT molecular complexity index is 647. The van der Waals surface area contributed by atoms with E-state index in [-0.39, 0.29) is 11.3 Å². The molecule has 0 atom stereocenters. The van der Waals surface area contributed by atoms with E-state index in [9.17, 15) is 4.79 Å². The van der Waals surface area contributed by atoms with E-state index in [1.165, 1.54) is 12.3 Å². The lowest BCUT2D eigenvalue weighted by Crippen LogP contribution is -2.07. The molecule has 1 aromatic heterocycles. The Labute approximate surface area is 126 Å². The predicted octanol–water partition coefficient (Wildman–Crippen LogP) is 3.63. The Balaban J connectivity index is 2.38. The summed E-state index contributed by atoms with van der Waals surface area (Å²) >= 11 is 6.75. The van der Waals surface area contributed by atoms with Crippen LogP contribution in [-0.2, 0) is 0 Å². The summed E-state index contributed by atoms with van der Waals surface area (Å²) in [5.41, 5.74) is 6.64. The first-order valence-corrected chi connectivity index (χ1v) is 6.77. The van der Waals surface area contributed by atoms with E-state index in [2.05, 4.69) is 42.2 Å². The summed E-state index contributed by atoms with van der Waals surface area (Å²) in [6.45, 7) is 0. The highest BCUT2D eigenvalue weighted by Crippen LogP contribution is 2.30. The maximum Gasteiger partial charge on any atom is 0.337 e. The average molecular weight is 387 g/mol. The summed E-state index contributed by atoms with van der Waals surface area (Å²) in [7, 11) is 0. The van der Waals surface area contributed by atoms with Crippen LogP contribution in [-0.4, -0.2) is 16.1 Å². The minimum Gasteiger partial charge on any atom is -0.478 e. The molecule has 7 heteroatoms. The minimum absolute atomic E-state index is 0.0192. The van der Waals surface area contributed by atoms with Crippen molar-refractivity contribution >= 4 is 55.0 Å². The minimum atomic E-state index is -1.09. The summed E-state index contributed by atoms with van der Waals surface area (Å²) in [5.74, 6) is -0.777. The average Bonchev–Trinajstić information content (AvgIpc) is 2.34. The molecule has 4 N–H and O–H groups in total. The van der Waals surface area contributed by atoms with Gasteiger partial charge >= 0.3 is 5.97 Å². The monoisotopic (exact) mass is 385 g/mol. The van der Waals surface area contributed by atoms with E-state index in [1.807, 2.05) is 18.2 Å². The molecule has 2 rings (SSSR count). The van der Waals surface area contributed by atoms with Crippen LogP contribution in [0.2, 0.25) is 0 Å². The second-order valence-corrected chi connectivity index (χ2v) is 5.45.